The van der Waals surface area contributed by atoms with Gasteiger partial charge in [0, 0.05) is 25.0 Å². The summed E-state index contributed by atoms with van der Waals surface area (Å²) in [7, 11) is 0. The topological polar surface area (TPSA) is 73.5 Å². The van der Waals surface area contributed by atoms with Gasteiger partial charge in [-0.2, -0.15) is 5.10 Å². The molecule has 0 radical (unpaired) electrons. The molecule has 0 amide bonds. The molecule has 4 aromatic rings. The molecule has 0 unspecified atom stereocenters. The number of nitrogens with zero attached hydrogens (tertiary/aromatic N) is 6. The van der Waals surface area contributed by atoms with E-state index < -0.39 is 0 Å². The molecule has 0 aliphatic heterocycles. The van der Waals surface area contributed by atoms with E-state index in [0.717, 1.165) is 29.1 Å². The van der Waals surface area contributed by atoms with Gasteiger partial charge in [-0.1, -0.05) is 18.2 Å². The number of hydrogen-bond donors (Lipinski definition) is 1. The van der Waals surface area contributed by atoms with Crippen LogP contribution in [-0.2, 0) is 6.54 Å². The summed E-state index contributed by atoms with van der Waals surface area (Å²) in [5.41, 5.74) is 1.76. The van der Waals surface area contributed by atoms with Crippen molar-refractivity contribution in [2.24, 2.45) is 0 Å². The maximum absolute atomic E-state index is 4.47. The first kappa shape index (κ1) is 14.4. The number of fused-ring (bicyclic) bond motifs is 1. The van der Waals surface area contributed by atoms with Crippen LogP contribution in [0, 0.1) is 0 Å². The lowest BCUT2D eigenvalue weighted by atomic mass is 10.3. The van der Waals surface area contributed by atoms with Gasteiger partial charge in [-0.25, -0.2) is 19.6 Å². The van der Waals surface area contributed by atoms with Gasteiger partial charge in [-0.15, -0.1) is 0 Å². The Balaban J connectivity index is 1.64. The molecule has 0 spiro atoms. The van der Waals surface area contributed by atoms with E-state index in [-0.39, 0.29) is 6.04 Å². The average Bonchev–Trinajstić information content (AvgIpc) is 3.25. The van der Waals surface area contributed by atoms with Crippen LogP contribution >= 0.6 is 0 Å². The highest BCUT2D eigenvalue weighted by Crippen LogP contribution is 2.22. The molecule has 0 bridgehead atoms. The Morgan fingerprint density at radius 2 is 2.04 bits per heavy atom. The lowest BCUT2D eigenvalue weighted by Gasteiger charge is -2.15. The number of imidazole rings is 1. The molecule has 1 aromatic carbocycles. The number of aromatic nitrogens is 6. The monoisotopic (exact) mass is 319 g/mol. The molecule has 24 heavy (non-hydrogen) atoms. The first-order chi connectivity index (χ1) is 11.8. The molecular formula is C17H17N7. The molecular weight excluding hydrogens is 302 g/mol. The summed E-state index contributed by atoms with van der Waals surface area (Å²) in [6.07, 6.45) is 8.90. The normalized spacial score (nSPS) is 12.4. The maximum Gasteiger partial charge on any atom is 0.168 e. The van der Waals surface area contributed by atoms with E-state index in [1.54, 1.807) is 25.0 Å². The van der Waals surface area contributed by atoms with Crippen LogP contribution in [0.5, 0.6) is 0 Å². The minimum Gasteiger partial charge on any atom is -0.365 e. The summed E-state index contributed by atoms with van der Waals surface area (Å²) in [6, 6.07) is 10.1. The predicted molar refractivity (Wildman–Crippen MR) is 92.0 cm³/mol. The second-order valence-corrected chi connectivity index (χ2v) is 5.66. The highest BCUT2D eigenvalue weighted by Gasteiger charge is 2.12. The molecule has 0 aliphatic rings. The smallest absolute Gasteiger partial charge is 0.168 e. The zero-order chi connectivity index (χ0) is 16.4. The first-order valence-electron chi connectivity index (χ1n) is 7.78. The van der Waals surface area contributed by atoms with Gasteiger partial charge in [-0.3, -0.25) is 0 Å². The van der Waals surface area contributed by atoms with E-state index in [1.165, 1.54) is 0 Å². The van der Waals surface area contributed by atoms with E-state index in [1.807, 2.05) is 45.8 Å². The third kappa shape index (κ3) is 2.71. The molecule has 1 N–H and O–H groups in total. The number of para-hydroxylation sites is 1. The van der Waals surface area contributed by atoms with E-state index in [0.29, 0.717) is 0 Å². The van der Waals surface area contributed by atoms with Gasteiger partial charge in [-0.05, 0) is 19.1 Å². The third-order valence-electron chi connectivity index (χ3n) is 3.79. The van der Waals surface area contributed by atoms with E-state index >= 15 is 0 Å². The van der Waals surface area contributed by atoms with Gasteiger partial charge in [0.2, 0.25) is 0 Å². The molecule has 0 fully saturated rings. The van der Waals surface area contributed by atoms with Crippen LogP contribution in [0.15, 0.2) is 61.6 Å². The van der Waals surface area contributed by atoms with Crippen LogP contribution in [0.4, 0.5) is 5.82 Å². The van der Waals surface area contributed by atoms with Crippen molar-refractivity contribution in [3.63, 3.8) is 0 Å². The predicted octanol–water partition coefficient (Wildman–Crippen LogP) is 2.51. The number of nitrogens with one attached hydrogen (secondary N) is 1. The van der Waals surface area contributed by atoms with Crippen LogP contribution < -0.4 is 5.32 Å². The largest absolute Gasteiger partial charge is 0.365 e. The highest BCUT2D eigenvalue weighted by atomic mass is 15.3. The minimum absolute atomic E-state index is 0.192. The maximum atomic E-state index is 4.47. The summed E-state index contributed by atoms with van der Waals surface area (Å²) in [5, 5.41) is 8.80. The average molecular weight is 319 g/mol. The van der Waals surface area contributed by atoms with E-state index in [2.05, 4.69) is 32.3 Å². The second kappa shape index (κ2) is 6.11. The van der Waals surface area contributed by atoms with Gasteiger partial charge in [0.05, 0.1) is 23.6 Å². The fourth-order valence-corrected chi connectivity index (χ4v) is 2.71. The Hall–Kier alpha value is -3.22. The van der Waals surface area contributed by atoms with Crippen molar-refractivity contribution in [3.05, 3.63) is 61.6 Å². The molecule has 1 atom stereocenters. The number of benzene rings is 1. The summed E-state index contributed by atoms with van der Waals surface area (Å²) in [6.45, 7) is 2.91. The van der Waals surface area contributed by atoms with Crippen molar-refractivity contribution < 1.29 is 0 Å². The number of anilines is 1. The van der Waals surface area contributed by atoms with Gasteiger partial charge in [0.25, 0.3) is 0 Å². The van der Waals surface area contributed by atoms with Crippen molar-refractivity contribution in [3.8, 4) is 5.69 Å². The second-order valence-electron chi connectivity index (χ2n) is 5.66. The van der Waals surface area contributed by atoms with E-state index in [9.17, 15) is 0 Å². The Morgan fingerprint density at radius 3 is 2.83 bits per heavy atom. The van der Waals surface area contributed by atoms with Crippen LogP contribution in [-0.4, -0.2) is 35.3 Å². The fourth-order valence-electron chi connectivity index (χ4n) is 2.71. The van der Waals surface area contributed by atoms with Crippen LogP contribution in [0.25, 0.3) is 16.7 Å². The lowest BCUT2D eigenvalue weighted by molar-refractivity contribution is 0.617. The minimum atomic E-state index is 0.192. The summed E-state index contributed by atoms with van der Waals surface area (Å²) < 4.78 is 3.85. The molecule has 7 heteroatoms. The zero-order valence-corrected chi connectivity index (χ0v) is 13.2. The van der Waals surface area contributed by atoms with Crippen molar-refractivity contribution in [2.45, 2.75) is 19.5 Å². The molecule has 0 saturated carbocycles. The standard InChI is InChI=1S/C17H17N7/c1-13(10-23-8-7-18-12-23)22-16-15-9-21-24(17(15)20-11-19-16)14-5-3-2-4-6-14/h2-9,11-13H,10H2,1H3,(H,19,20,22)/t13-/m0/s1. The lowest BCUT2D eigenvalue weighted by Crippen LogP contribution is -2.22. The first-order valence-corrected chi connectivity index (χ1v) is 7.78. The quantitative estimate of drug-likeness (QED) is 0.612. The number of rotatable bonds is 5. The molecule has 3 aromatic heterocycles. The summed E-state index contributed by atoms with van der Waals surface area (Å²) in [5.74, 6) is 0.787. The SMILES string of the molecule is C[C@@H](Cn1ccnc1)Nc1ncnc2c1cnn2-c1ccccc1. The molecule has 0 saturated heterocycles. The Labute approximate surface area is 139 Å². The van der Waals surface area contributed by atoms with Gasteiger partial charge >= 0.3 is 0 Å². The van der Waals surface area contributed by atoms with Crippen molar-refractivity contribution >= 4 is 16.9 Å². The zero-order valence-electron chi connectivity index (χ0n) is 13.2. The number of hydrogen-bond acceptors (Lipinski definition) is 5. The van der Waals surface area contributed by atoms with E-state index in [4.69, 9.17) is 0 Å². The van der Waals surface area contributed by atoms with Gasteiger partial charge in [0.15, 0.2) is 5.65 Å². The summed E-state index contributed by atoms with van der Waals surface area (Å²) in [4.78, 5) is 12.8. The van der Waals surface area contributed by atoms with Gasteiger partial charge < -0.3 is 9.88 Å². The molecule has 3 heterocycles. The molecule has 4 rings (SSSR count). The highest BCUT2D eigenvalue weighted by molar-refractivity contribution is 5.87. The summed E-state index contributed by atoms with van der Waals surface area (Å²) >= 11 is 0. The third-order valence-corrected chi connectivity index (χ3v) is 3.79. The molecule has 7 nitrogen and oxygen atoms in total. The fraction of sp³-hybridized carbons (Fsp3) is 0.176. The van der Waals surface area contributed by atoms with Crippen molar-refractivity contribution in [2.75, 3.05) is 5.32 Å². The van der Waals surface area contributed by atoms with Crippen LogP contribution in [0.2, 0.25) is 0 Å². The Kier molecular flexibility index (Phi) is 3.66. The van der Waals surface area contributed by atoms with Crippen molar-refractivity contribution in [1.82, 2.24) is 29.3 Å². The Bertz CT molecular complexity index is 928. The van der Waals surface area contributed by atoms with Crippen molar-refractivity contribution in [1.29, 1.82) is 0 Å². The van der Waals surface area contributed by atoms with Crippen LogP contribution in [0.1, 0.15) is 6.92 Å². The van der Waals surface area contributed by atoms with Crippen LogP contribution in [0.3, 0.4) is 0 Å². The molecule has 120 valence electrons. The van der Waals surface area contributed by atoms with Gasteiger partial charge in [0.1, 0.15) is 12.1 Å². The Morgan fingerprint density at radius 1 is 1.17 bits per heavy atom. The molecule has 0 aliphatic carbocycles.